The predicted octanol–water partition coefficient (Wildman–Crippen LogP) is -0.0633. The predicted molar refractivity (Wildman–Crippen MR) is 27.0 cm³/mol. The van der Waals surface area contributed by atoms with Gasteiger partial charge in [-0.15, -0.1) is 0 Å². The van der Waals surface area contributed by atoms with Crippen molar-refractivity contribution in [3.8, 4) is 0 Å². The Morgan fingerprint density at radius 1 is 1.67 bits per heavy atom. The van der Waals surface area contributed by atoms with E-state index in [4.69, 9.17) is 0 Å². The van der Waals surface area contributed by atoms with Crippen LogP contribution in [-0.4, -0.2) is 38.9 Å². The molecule has 0 saturated carbocycles. The molecular weight excluding hydrogens is 269 g/mol. The fourth-order valence-electron chi connectivity index (χ4n) is 0.655. The third-order valence-corrected chi connectivity index (χ3v) is 2.98. The van der Waals surface area contributed by atoms with Crippen LogP contribution in [-0.2, 0) is 0 Å². The summed E-state index contributed by atoms with van der Waals surface area (Å²) in [5.74, 6) is 0. The molecule has 0 aromatic rings. The van der Waals surface area contributed by atoms with E-state index in [-0.39, 0.29) is 0 Å². The second kappa shape index (κ2) is 2.26. The minimum absolute atomic E-state index is 1.07. The average Bonchev–Trinajstić information content (AvgIpc) is 1.86. The van der Waals surface area contributed by atoms with Crippen LogP contribution in [0.1, 0.15) is 6.42 Å². The van der Waals surface area contributed by atoms with Crippen LogP contribution in [0.3, 0.4) is 0 Å². The van der Waals surface area contributed by atoms with Crippen molar-refractivity contribution in [1.82, 2.24) is 5.32 Å². The molecule has 2 heteroatoms. The molecule has 1 rings (SSSR count). The van der Waals surface area contributed by atoms with Crippen molar-refractivity contribution in [2.24, 2.45) is 0 Å². The van der Waals surface area contributed by atoms with E-state index >= 15 is 0 Å². The van der Waals surface area contributed by atoms with Crippen LogP contribution in [0.2, 0.25) is 3.48 Å². The van der Waals surface area contributed by atoms with Crippen molar-refractivity contribution in [3.05, 3.63) is 0 Å². The van der Waals surface area contributed by atoms with Crippen molar-refractivity contribution >= 4 is 25.8 Å². The number of hydrogen-bond acceptors (Lipinski definition) is 1. The van der Waals surface area contributed by atoms with Crippen LogP contribution in [0.5, 0.6) is 0 Å². The van der Waals surface area contributed by atoms with Gasteiger partial charge >= 0.3 is 54.1 Å². The summed E-state index contributed by atoms with van der Waals surface area (Å²) in [6, 6.07) is 0. The summed E-state index contributed by atoms with van der Waals surface area (Å²) in [4.78, 5) is 0. The first-order chi connectivity index (χ1) is 2.89. The van der Waals surface area contributed by atoms with Gasteiger partial charge in [0.2, 0.25) is 0 Å². The number of hydrogen-bond donors (Lipinski definition) is 1. The standard InChI is InChI=1S/C4H8N.Pb/c1-2-4-5-3-1;/h1,5H,2-4H2;. The Balaban J connectivity index is 2.18. The van der Waals surface area contributed by atoms with Crippen LogP contribution < -0.4 is 5.32 Å². The molecule has 0 amide bonds. The van der Waals surface area contributed by atoms with E-state index in [1.165, 1.54) is 45.3 Å². The first kappa shape index (κ1) is 5.03. The Morgan fingerprint density at radius 3 is 2.67 bits per heavy atom. The average molecular weight is 277 g/mol. The van der Waals surface area contributed by atoms with E-state index in [0.29, 0.717) is 0 Å². The molecule has 1 nitrogen and oxygen atoms in total. The van der Waals surface area contributed by atoms with Crippen LogP contribution in [0.15, 0.2) is 0 Å². The van der Waals surface area contributed by atoms with Gasteiger partial charge in [-0.05, 0) is 0 Å². The Labute approximate surface area is 54.2 Å². The van der Waals surface area contributed by atoms with Gasteiger partial charge in [0.05, 0.1) is 0 Å². The molecule has 0 bridgehead atoms. The first-order valence-corrected chi connectivity index (χ1v) is 4.56. The van der Waals surface area contributed by atoms with Gasteiger partial charge in [-0.3, -0.25) is 0 Å². The topological polar surface area (TPSA) is 12.0 Å². The minimum atomic E-state index is 1.07. The van der Waals surface area contributed by atoms with Crippen molar-refractivity contribution in [3.63, 3.8) is 0 Å². The van der Waals surface area contributed by atoms with Gasteiger partial charge < -0.3 is 0 Å². The molecule has 1 aliphatic heterocycles. The third-order valence-electron chi connectivity index (χ3n) is 1.06. The summed E-state index contributed by atoms with van der Waals surface area (Å²) in [6.07, 6.45) is 1.44. The fourth-order valence-corrected chi connectivity index (χ4v) is 1.78. The molecule has 0 aromatic heterocycles. The molecule has 0 spiro atoms. The van der Waals surface area contributed by atoms with Gasteiger partial charge in [-0.25, -0.2) is 0 Å². The van der Waals surface area contributed by atoms with Gasteiger partial charge in [0.25, 0.3) is 0 Å². The van der Waals surface area contributed by atoms with Crippen LogP contribution in [0.4, 0.5) is 0 Å². The summed E-state index contributed by atoms with van der Waals surface area (Å²) >= 11 is 1.39. The quantitative estimate of drug-likeness (QED) is 0.612. The zero-order valence-electron chi connectivity index (χ0n) is 3.70. The van der Waals surface area contributed by atoms with Gasteiger partial charge in [-0.2, -0.15) is 0 Å². The molecule has 0 aliphatic carbocycles. The molecule has 33 valence electrons. The van der Waals surface area contributed by atoms with E-state index in [2.05, 4.69) is 5.32 Å². The van der Waals surface area contributed by atoms with E-state index in [0.717, 1.165) is 3.48 Å². The number of nitrogens with one attached hydrogen (secondary N) is 1. The zero-order chi connectivity index (χ0) is 4.41. The van der Waals surface area contributed by atoms with Crippen molar-refractivity contribution < 1.29 is 0 Å². The van der Waals surface area contributed by atoms with Crippen molar-refractivity contribution in [1.29, 1.82) is 0 Å². The van der Waals surface area contributed by atoms with Crippen LogP contribution in [0, 0.1) is 0 Å². The molecule has 3 radical (unpaired) electrons. The summed E-state index contributed by atoms with van der Waals surface area (Å²) in [6.45, 7) is 2.57. The van der Waals surface area contributed by atoms with Crippen LogP contribution in [0.25, 0.3) is 0 Å². The Kier molecular flexibility index (Phi) is 1.89. The summed E-state index contributed by atoms with van der Waals surface area (Å²) in [7, 11) is 0. The molecule has 1 saturated heterocycles. The molecule has 1 heterocycles. The summed E-state index contributed by atoms with van der Waals surface area (Å²) < 4.78 is 1.07. The first-order valence-electron chi connectivity index (χ1n) is 2.31. The Morgan fingerprint density at radius 2 is 2.50 bits per heavy atom. The van der Waals surface area contributed by atoms with Crippen molar-refractivity contribution in [2.45, 2.75) is 9.90 Å². The SMILES string of the molecule is [Pb][CH]1CCNC1. The summed E-state index contributed by atoms with van der Waals surface area (Å²) in [5, 5.41) is 3.31. The van der Waals surface area contributed by atoms with Gasteiger partial charge in [0.15, 0.2) is 0 Å². The van der Waals surface area contributed by atoms with E-state index < -0.39 is 0 Å². The maximum absolute atomic E-state index is 3.31. The van der Waals surface area contributed by atoms with E-state index in [1.54, 1.807) is 0 Å². The molecule has 1 atom stereocenters. The molecule has 6 heavy (non-hydrogen) atoms. The normalized spacial score (nSPS) is 34.5. The summed E-state index contributed by atoms with van der Waals surface area (Å²) in [5.41, 5.74) is 0. The van der Waals surface area contributed by atoms with Gasteiger partial charge in [0.1, 0.15) is 0 Å². The van der Waals surface area contributed by atoms with Gasteiger partial charge in [-0.1, -0.05) is 0 Å². The van der Waals surface area contributed by atoms with Crippen LogP contribution >= 0.6 is 0 Å². The number of rotatable bonds is 0. The molecular formula is C4H8NPb. The van der Waals surface area contributed by atoms with E-state index in [1.807, 2.05) is 0 Å². The molecule has 0 aromatic carbocycles. The maximum atomic E-state index is 3.31. The Bertz CT molecular complexity index is 40.8. The van der Waals surface area contributed by atoms with Gasteiger partial charge in [0, 0.05) is 0 Å². The molecule has 1 N–H and O–H groups in total. The monoisotopic (exact) mass is 278 g/mol. The second-order valence-corrected chi connectivity index (χ2v) is 4.86. The molecule has 1 aliphatic rings. The fraction of sp³-hybridized carbons (Fsp3) is 1.00. The molecule has 1 unspecified atom stereocenters. The third kappa shape index (κ3) is 1.18. The second-order valence-electron chi connectivity index (χ2n) is 1.69. The van der Waals surface area contributed by atoms with Crippen molar-refractivity contribution in [2.75, 3.05) is 13.1 Å². The Hall–Kier alpha value is 0.882. The zero-order valence-corrected chi connectivity index (χ0v) is 7.59. The molecule has 1 fully saturated rings. The van der Waals surface area contributed by atoms with E-state index in [9.17, 15) is 0 Å².